The number of hydrogen-bond acceptors (Lipinski definition) is 4. The van der Waals surface area contributed by atoms with Gasteiger partial charge in [-0.1, -0.05) is 0 Å². The summed E-state index contributed by atoms with van der Waals surface area (Å²) in [5, 5.41) is 0. The zero-order valence-corrected chi connectivity index (χ0v) is 7.54. The molecule has 0 amide bonds. The van der Waals surface area contributed by atoms with E-state index in [1.807, 2.05) is 0 Å². The van der Waals surface area contributed by atoms with Gasteiger partial charge in [0.1, 0.15) is 6.61 Å². The Morgan fingerprint density at radius 3 is 2.36 bits per heavy atom. The summed E-state index contributed by atoms with van der Waals surface area (Å²) < 4.78 is 31.6. The molecule has 0 aliphatic carbocycles. The van der Waals surface area contributed by atoms with E-state index in [1.54, 1.807) is 0 Å². The first kappa shape index (κ1) is 12.5. The largest absolute Gasteiger partial charge is 0.458 e. The predicted octanol–water partition coefficient (Wildman–Crippen LogP) is 0.914. The highest BCUT2D eigenvalue weighted by atomic mass is 19.3. The Hall–Kier alpha value is -1.46. The zero-order valence-electron chi connectivity index (χ0n) is 7.54. The molecule has 0 bridgehead atoms. The van der Waals surface area contributed by atoms with Gasteiger partial charge in [-0.3, -0.25) is 0 Å². The molecule has 0 N–H and O–H groups in total. The molecule has 0 unspecified atom stereocenters. The topological polar surface area (TPSA) is 52.6 Å². The summed E-state index contributed by atoms with van der Waals surface area (Å²) in [5.41, 5.74) is 0. The molecular formula is C8H10F2O4. The van der Waals surface area contributed by atoms with E-state index in [9.17, 15) is 18.4 Å². The van der Waals surface area contributed by atoms with E-state index in [1.165, 1.54) is 6.92 Å². The monoisotopic (exact) mass is 208 g/mol. The van der Waals surface area contributed by atoms with Gasteiger partial charge in [0.2, 0.25) is 0 Å². The average molecular weight is 208 g/mol. The van der Waals surface area contributed by atoms with Gasteiger partial charge in [-0.25, -0.2) is 18.4 Å². The first-order valence-corrected chi connectivity index (χ1v) is 3.86. The summed E-state index contributed by atoms with van der Waals surface area (Å²) in [6.07, 6.45) is -1.10. The highest BCUT2D eigenvalue weighted by Crippen LogP contribution is 1.93. The lowest BCUT2D eigenvalue weighted by Crippen LogP contribution is -2.20. The Morgan fingerprint density at radius 2 is 1.86 bits per heavy atom. The lowest BCUT2D eigenvalue weighted by atomic mass is 10.5. The third-order valence-electron chi connectivity index (χ3n) is 1.03. The van der Waals surface area contributed by atoms with E-state index in [-0.39, 0.29) is 13.2 Å². The number of carbonyl (C=O) groups is 2. The molecule has 14 heavy (non-hydrogen) atoms. The van der Waals surface area contributed by atoms with Crippen molar-refractivity contribution in [3.63, 3.8) is 0 Å². The van der Waals surface area contributed by atoms with Gasteiger partial charge in [-0.05, 0) is 19.1 Å². The van der Waals surface area contributed by atoms with Crippen LogP contribution < -0.4 is 0 Å². The number of rotatable bonds is 4. The maximum Gasteiger partial charge on any atom is 0.417 e. The van der Waals surface area contributed by atoms with Crippen molar-refractivity contribution in [2.75, 3.05) is 13.2 Å². The van der Waals surface area contributed by atoms with Crippen LogP contribution in [0.3, 0.4) is 0 Å². The lowest BCUT2D eigenvalue weighted by Gasteiger charge is -2.00. The quantitative estimate of drug-likeness (QED) is 0.391. The molecule has 80 valence electrons. The Balaban J connectivity index is 3.69. The SMILES string of the molecule is CCOC(=O)C(=O)OCC=CC(F)F. The van der Waals surface area contributed by atoms with Gasteiger partial charge in [0, 0.05) is 0 Å². The van der Waals surface area contributed by atoms with Crippen LogP contribution in [0.5, 0.6) is 0 Å². The van der Waals surface area contributed by atoms with Gasteiger partial charge >= 0.3 is 11.9 Å². The zero-order chi connectivity index (χ0) is 11.0. The van der Waals surface area contributed by atoms with Crippen LogP contribution in [-0.4, -0.2) is 31.6 Å². The molecule has 0 radical (unpaired) electrons. The fraction of sp³-hybridized carbons (Fsp3) is 0.500. The molecule has 0 aromatic rings. The molecule has 0 aliphatic rings. The van der Waals surface area contributed by atoms with E-state index in [0.29, 0.717) is 6.08 Å². The van der Waals surface area contributed by atoms with Crippen molar-refractivity contribution in [1.29, 1.82) is 0 Å². The number of halogens is 2. The van der Waals surface area contributed by atoms with Crippen molar-refractivity contribution in [3.8, 4) is 0 Å². The molecule has 0 aromatic heterocycles. The third-order valence-corrected chi connectivity index (χ3v) is 1.03. The fourth-order valence-corrected chi connectivity index (χ4v) is 0.531. The molecule has 0 heterocycles. The highest BCUT2D eigenvalue weighted by Gasteiger charge is 2.15. The number of carbonyl (C=O) groups excluding carboxylic acids is 2. The van der Waals surface area contributed by atoms with Crippen LogP contribution >= 0.6 is 0 Å². The van der Waals surface area contributed by atoms with Crippen LogP contribution in [0.2, 0.25) is 0 Å². The van der Waals surface area contributed by atoms with Gasteiger partial charge in [0.15, 0.2) is 0 Å². The van der Waals surface area contributed by atoms with Crippen molar-refractivity contribution >= 4 is 11.9 Å². The van der Waals surface area contributed by atoms with E-state index in [0.717, 1.165) is 6.08 Å². The van der Waals surface area contributed by atoms with Gasteiger partial charge in [-0.2, -0.15) is 0 Å². The van der Waals surface area contributed by atoms with Gasteiger partial charge in [0.05, 0.1) is 6.61 Å². The lowest BCUT2D eigenvalue weighted by molar-refractivity contribution is -0.166. The molecule has 0 fully saturated rings. The number of ether oxygens (including phenoxy) is 2. The summed E-state index contributed by atoms with van der Waals surface area (Å²) >= 11 is 0. The van der Waals surface area contributed by atoms with E-state index >= 15 is 0 Å². The van der Waals surface area contributed by atoms with Crippen LogP contribution in [0.4, 0.5) is 8.78 Å². The minimum Gasteiger partial charge on any atom is -0.458 e. The van der Waals surface area contributed by atoms with Crippen LogP contribution in [-0.2, 0) is 19.1 Å². The number of alkyl halides is 2. The van der Waals surface area contributed by atoms with Gasteiger partial charge in [-0.15, -0.1) is 0 Å². The minimum atomic E-state index is -2.60. The van der Waals surface area contributed by atoms with E-state index in [2.05, 4.69) is 9.47 Å². The molecule has 0 aromatic carbocycles. The van der Waals surface area contributed by atoms with Crippen LogP contribution in [0, 0.1) is 0 Å². The van der Waals surface area contributed by atoms with Crippen LogP contribution in [0.15, 0.2) is 12.2 Å². The van der Waals surface area contributed by atoms with E-state index < -0.39 is 18.4 Å². The summed E-state index contributed by atoms with van der Waals surface area (Å²) in [6, 6.07) is 0. The predicted molar refractivity (Wildman–Crippen MR) is 42.7 cm³/mol. The standard InChI is InChI=1S/C8H10F2O4/c1-2-13-7(11)8(12)14-5-3-4-6(9)10/h3-4,6H,2,5H2,1H3. The van der Waals surface area contributed by atoms with Crippen LogP contribution in [0.25, 0.3) is 0 Å². The number of allylic oxidation sites excluding steroid dienone is 1. The second-order valence-corrected chi connectivity index (χ2v) is 2.08. The Labute approximate surface area is 79.5 Å². The average Bonchev–Trinajstić information content (AvgIpc) is 2.12. The molecule has 6 heteroatoms. The molecular weight excluding hydrogens is 198 g/mol. The summed E-state index contributed by atoms with van der Waals surface area (Å²) in [5.74, 6) is -2.32. The smallest absolute Gasteiger partial charge is 0.417 e. The maximum absolute atomic E-state index is 11.5. The molecule has 4 nitrogen and oxygen atoms in total. The molecule has 0 rings (SSSR count). The van der Waals surface area contributed by atoms with Gasteiger partial charge < -0.3 is 9.47 Å². The summed E-state index contributed by atoms with van der Waals surface area (Å²) in [6.45, 7) is 1.21. The van der Waals surface area contributed by atoms with Crippen LogP contribution in [0.1, 0.15) is 6.92 Å². The number of hydrogen-bond donors (Lipinski definition) is 0. The van der Waals surface area contributed by atoms with Crippen molar-refractivity contribution in [3.05, 3.63) is 12.2 Å². The van der Waals surface area contributed by atoms with Crippen molar-refractivity contribution in [2.45, 2.75) is 13.3 Å². The van der Waals surface area contributed by atoms with Gasteiger partial charge in [0.25, 0.3) is 6.43 Å². The third kappa shape index (κ3) is 6.10. The maximum atomic E-state index is 11.5. The second kappa shape index (κ2) is 6.99. The first-order chi connectivity index (χ1) is 6.57. The minimum absolute atomic E-state index is 0.0564. The highest BCUT2D eigenvalue weighted by molar-refractivity contribution is 6.29. The van der Waals surface area contributed by atoms with Crippen molar-refractivity contribution in [1.82, 2.24) is 0 Å². The van der Waals surface area contributed by atoms with E-state index in [4.69, 9.17) is 0 Å². The second-order valence-electron chi connectivity index (χ2n) is 2.08. The Bertz CT molecular complexity index is 225. The number of esters is 2. The fourth-order valence-electron chi connectivity index (χ4n) is 0.531. The van der Waals surface area contributed by atoms with Crippen molar-refractivity contribution < 1.29 is 27.8 Å². The molecule has 0 aliphatic heterocycles. The summed E-state index contributed by atoms with van der Waals surface area (Å²) in [4.78, 5) is 21.3. The first-order valence-electron chi connectivity index (χ1n) is 3.86. The Morgan fingerprint density at radius 1 is 1.29 bits per heavy atom. The van der Waals surface area contributed by atoms with Crippen molar-refractivity contribution in [2.24, 2.45) is 0 Å². The molecule has 0 saturated carbocycles. The molecule has 0 saturated heterocycles. The normalized spacial score (nSPS) is 10.6. The molecule has 0 spiro atoms. The Kier molecular flexibility index (Phi) is 6.26. The molecule has 0 atom stereocenters. The summed E-state index contributed by atoms with van der Waals surface area (Å²) in [7, 11) is 0.